The Morgan fingerprint density at radius 3 is 2.56 bits per heavy atom. The molecule has 0 aliphatic carbocycles. The van der Waals surface area contributed by atoms with Crippen LogP contribution in [0.5, 0.6) is 0 Å². The Bertz CT molecular complexity index is 350. The molecule has 1 atom stereocenters. The fraction of sp³-hybridized carbons (Fsp3) is 0.700. The molecule has 0 aromatic carbocycles. The fourth-order valence-electron chi connectivity index (χ4n) is 1.15. The minimum absolute atomic E-state index is 0.0270. The molecule has 1 aromatic heterocycles. The van der Waals surface area contributed by atoms with Crippen molar-refractivity contribution in [3.05, 3.63) is 5.01 Å². The number of carbonyl (C=O) groups excluding carboxylic acids is 1. The molecule has 0 saturated carbocycles. The minimum atomic E-state index is -0.0728. The molecule has 1 amide bonds. The number of anilines is 1. The Kier molecular flexibility index (Phi) is 4.82. The van der Waals surface area contributed by atoms with Gasteiger partial charge in [0.25, 0.3) is 0 Å². The highest BCUT2D eigenvalue weighted by Crippen LogP contribution is 2.22. The van der Waals surface area contributed by atoms with Gasteiger partial charge in [-0.15, -0.1) is 10.2 Å². The van der Waals surface area contributed by atoms with Crippen molar-refractivity contribution in [1.82, 2.24) is 15.5 Å². The first-order valence-corrected chi connectivity index (χ1v) is 6.15. The summed E-state index contributed by atoms with van der Waals surface area (Å²) in [6.07, 6.45) is 0. The van der Waals surface area contributed by atoms with Gasteiger partial charge in [-0.05, 0) is 7.05 Å². The average molecular weight is 242 g/mol. The number of carbonyl (C=O) groups is 1. The number of aromatic nitrogens is 2. The van der Waals surface area contributed by atoms with Gasteiger partial charge in [0.2, 0.25) is 11.0 Å². The smallest absolute Gasteiger partial charge is 0.230 e. The van der Waals surface area contributed by atoms with Crippen molar-refractivity contribution in [2.24, 2.45) is 5.92 Å². The lowest BCUT2D eigenvalue weighted by Crippen LogP contribution is -2.28. The molecule has 0 fully saturated rings. The van der Waals surface area contributed by atoms with Crippen LogP contribution < -0.4 is 10.6 Å². The molecule has 1 heterocycles. The maximum Gasteiger partial charge on any atom is 0.230 e. The Morgan fingerprint density at radius 1 is 1.38 bits per heavy atom. The van der Waals surface area contributed by atoms with E-state index in [-0.39, 0.29) is 11.8 Å². The van der Waals surface area contributed by atoms with Crippen LogP contribution in [0.15, 0.2) is 0 Å². The quantitative estimate of drug-likeness (QED) is 0.820. The largest absolute Gasteiger partial charge is 0.319 e. The van der Waals surface area contributed by atoms with Crippen molar-refractivity contribution >= 4 is 22.4 Å². The van der Waals surface area contributed by atoms with Gasteiger partial charge in [-0.1, -0.05) is 32.1 Å². The first-order valence-electron chi connectivity index (χ1n) is 5.33. The molecule has 0 spiro atoms. The first kappa shape index (κ1) is 13.1. The van der Waals surface area contributed by atoms with Gasteiger partial charge >= 0.3 is 0 Å². The van der Waals surface area contributed by atoms with E-state index in [4.69, 9.17) is 0 Å². The third-order valence-electron chi connectivity index (χ3n) is 2.12. The second-order valence-corrected chi connectivity index (χ2v) is 5.06. The van der Waals surface area contributed by atoms with Crippen molar-refractivity contribution in [1.29, 1.82) is 0 Å². The van der Waals surface area contributed by atoms with Gasteiger partial charge in [0.15, 0.2) is 0 Å². The molecule has 0 radical (unpaired) electrons. The summed E-state index contributed by atoms with van der Waals surface area (Å²) in [5, 5.41) is 15.2. The summed E-state index contributed by atoms with van der Waals surface area (Å²) in [6, 6.07) is 0. The van der Waals surface area contributed by atoms with Crippen LogP contribution in [-0.4, -0.2) is 29.7 Å². The van der Waals surface area contributed by atoms with Crippen LogP contribution in [0.1, 0.15) is 31.7 Å². The summed E-state index contributed by atoms with van der Waals surface area (Å²) in [5.41, 5.74) is 0. The van der Waals surface area contributed by atoms with Crippen LogP contribution in [0, 0.1) is 5.92 Å². The van der Waals surface area contributed by atoms with Crippen molar-refractivity contribution in [3.63, 3.8) is 0 Å². The van der Waals surface area contributed by atoms with Crippen molar-refractivity contribution in [2.75, 3.05) is 18.9 Å². The molecular formula is C10H18N4OS. The summed E-state index contributed by atoms with van der Waals surface area (Å²) in [5.74, 6) is 0.245. The van der Waals surface area contributed by atoms with Crippen LogP contribution in [0.25, 0.3) is 0 Å². The van der Waals surface area contributed by atoms with Crippen LogP contribution in [-0.2, 0) is 4.79 Å². The fourth-order valence-corrected chi connectivity index (χ4v) is 1.89. The number of nitrogens with one attached hydrogen (secondary N) is 2. The van der Waals surface area contributed by atoms with E-state index < -0.39 is 0 Å². The lowest BCUT2D eigenvalue weighted by Gasteiger charge is -2.08. The topological polar surface area (TPSA) is 66.9 Å². The molecule has 16 heavy (non-hydrogen) atoms. The zero-order chi connectivity index (χ0) is 12.1. The van der Waals surface area contributed by atoms with Crippen molar-refractivity contribution in [2.45, 2.75) is 26.7 Å². The van der Waals surface area contributed by atoms with Gasteiger partial charge in [0.05, 0.1) is 0 Å². The zero-order valence-corrected chi connectivity index (χ0v) is 10.9. The second-order valence-electron chi connectivity index (χ2n) is 4.05. The molecule has 1 unspecified atom stereocenters. The number of amides is 1. The Morgan fingerprint density at radius 2 is 2.06 bits per heavy atom. The maximum absolute atomic E-state index is 11.7. The molecule has 0 aliphatic heterocycles. The van der Waals surface area contributed by atoms with Gasteiger partial charge in [-0.2, -0.15) is 0 Å². The van der Waals surface area contributed by atoms with E-state index in [1.54, 1.807) is 0 Å². The molecule has 1 aromatic rings. The maximum atomic E-state index is 11.7. The summed E-state index contributed by atoms with van der Waals surface area (Å²) in [4.78, 5) is 11.7. The summed E-state index contributed by atoms with van der Waals surface area (Å²) < 4.78 is 0. The van der Waals surface area contributed by atoms with Gasteiger partial charge in [0.1, 0.15) is 5.01 Å². The minimum Gasteiger partial charge on any atom is -0.319 e. The molecule has 0 aliphatic rings. The normalized spacial score (nSPS) is 12.8. The van der Waals surface area contributed by atoms with E-state index in [9.17, 15) is 4.79 Å². The summed E-state index contributed by atoms with van der Waals surface area (Å²) in [6.45, 7) is 6.63. The average Bonchev–Trinajstić information content (AvgIpc) is 2.66. The van der Waals surface area contributed by atoms with Gasteiger partial charge in [0, 0.05) is 18.4 Å². The van der Waals surface area contributed by atoms with E-state index in [0.29, 0.717) is 17.6 Å². The SMILES string of the molecule is CNCC(C)C(=O)Nc1nnc(C(C)C)s1. The third-order valence-corrected chi connectivity index (χ3v) is 3.26. The monoisotopic (exact) mass is 242 g/mol. The van der Waals surface area contributed by atoms with Crippen LogP contribution >= 0.6 is 11.3 Å². The predicted molar refractivity (Wildman–Crippen MR) is 65.7 cm³/mol. The Labute approximate surface area is 99.7 Å². The molecule has 0 bridgehead atoms. The zero-order valence-electron chi connectivity index (χ0n) is 10.1. The van der Waals surface area contributed by atoms with Crippen LogP contribution in [0.4, 0.5) is 5.13 Å². The standard InChI is InChI=1S/C10H18N4OS/c1-6(2)9-13-14-10(16-9)12-8(15)7(3)5-11-4/h6-7,11H,5H2,1-4H3,(H,12,14,15). The van der Waals surface area contributed by atoms with Crippen LogP contribution in [0.2, 0.25) is 0 Å². The number of rotatable bonds is 5. The van der Waals surface area contributed by atoms with Crippen molar-refractivity contribution in [3.8, 4) is 0 Å². The Hall–Kier alpha value is -1.01. The lowest BCUT2D eigenvalue weighted by molar-refractivity contribution is -0.119. The molecule has 0 saturated heterocycles. The van der Waals surface area contributed by atoms with Crippen molar-refractivity contribution < 1.29 is 4.79 Å². The first-order chi connectivity index (χ1) is 7.54. The third kappa shape index (κ3) is 3.53. The molecule has 5 nitrogen and oxygen atoms in total. The molecule has 6 heteroatoms. The molecule has 2 N–H and O–H groups in total. The number of hydrogen-bond donors (Lipinski definition) is 2. The molecular weight excluding hydrogens is 224 g/mol. The number of hydrogen-bond acceptors (Lipinski definition) is 5. The van der Waals surface area contributed by atoms with Gasteiger partial charge in [-0.3, -0.25) is 4.79 Å². The predicted octanol–water partition coefficient (Wildman–Crippen LogP) is 1.46. The van der Waals surface area contributed by atoms with E-state index in [2.05, 4.69) is 34.7 Å². The van der Waals surface area contributed by atoms with E-state index in [0.717, 1.165) is 5.01 Å². The summed E-state index contributed by atoms with van der Waals surface area (Å²) >= 11 is 1.43. The van der Waals surface area contributed by atoms with Crippen LogP contribution in [0.3, 0.4) is 0 Å². The molecule has 1 rings (SSSR count). The Balaban J connectivity index is 2.56. The molecule has 90 valence electrons. The van der Waals surface area contributed by atoms with Gasteiger partial charge in [-0.25, -0.2) is 0 Å². The highest BCUT2D eigenvalue weighted by molar-refractivity contribution is 7.15. The highest BCUT2D eigenvalue weighted by Gasteiger charge is 2.15. The second kappa shape index (κ2) is 5.91. The van der Waals surface area contributed by atoms with E-state index in [1.165, 1.54) is 11.3 Å². The highest BCUT2D eigenvalue weighted by atomic mass is 32.1. The van der Waals surface area contributed by atoms with E-state index in [1.807, 2.05) is 14.0 Å². The lowest BCUT2D eigenvalue weighted by atomic mass is 10.2. The van der Waals surface area contributed by atoms with E-state index >= 15 is 0 Å². The van der Waals surface area contributed by atoms with Gasteiger partial charge < -0.3 is 10.6 Å². The summed E-state index contributed by atoms with van der Waals surface area (Å²) in [7, 11) is 1.82. The number of nitrogens with zero attached hydrogens (tertiary/aromatic N) is 2.